The van der Waals surface area contributed by atoms with Gasteiger partial charge >= 0.3 is 0 Å². The summed E-state index contributed by atoms with van der Waals surface area (Å²) in [6.07, 6.45) is 0.851. The molecule has 0 aromatic heterocycles. The van der Waals surface area contributed by atoms with Crippen LogP contribution in [-0.2, 0) is 6.42 Å². The van der Waals surface area contributed by atoms with Gasteiger partial charge in [0.15, 0.2) is 0 Å². The van der Waals surface area contributed by atoms with E-state index >= 15 is 0 Å². The maximum atomic E-state index is 6.54. The summed E-state index contributed by atoms with van der Waals surface area (Å²) in [7, 11) is 0. The molecule has 0 bridgehead atoms. The van der Waals surface area contributed by atoms with Crippen molar-refractivity contribution in [2.24, 2.45) is 5.73 Å². The number of hydrogen-bond acceptors (Lipinski definition) is 2. The molecule has 0 amide bonds. The Bertz CT molecular complexity index is 671. The molecule has 1 atom stereocenters. The maximum Gasteiger partial charge on any atom is 0.0658 e. The van der Waals surface area contributed by atoms with Gasteiger partial charge in [0.25, 0.3) is 0 Å². The van der Waals surface area contributed by atoms with Crippen molar-refractivity contribution < 1.29 is 0 Å². The Labute approximate surface area is 144 Å². The molecule has 3 aromatic rings. The van der Waals surface area contributed by atoms with Crippen LogP contribution in [0.3, 0.4) is 0 Å². The molecule has 0 fully saturated rings. The third-order valence-corrected chi connectivity index (χ3v) is 4.31. The van der Waals surface area contributed by atoms with Crippen LogP contribution in [-0.4, -0.2) is 12.7 Å². The lowest BCUT2D eigenvalue weighted by Crippen LogP contribution is -2.43. The number of nitrogens with one attached hydrogen (secondary N) is 1. The van der Waals surface area contributed by atoms with Gasteiger partial charge in [0.05, 0.1) is 6.17 Å². The molecule has 0 spiro atoms. The second kappa shape index (κ2) is 8.44. The van der Waals surface area contributed by atoms with Crippen LogP contribution >= 0.6 is 0 Å². The molecule has 0 heterocycles. The molecule has 2 heteroatoms. The molecule has 1 unspecified atom stereocenters. The average Bonchev–Trinajstić information content (AvgIpc) is 2.65. The number of benzene rings is 3. The summed E-state index contributed by atoms with van der Waals surface area (Å²) in [5.74, 6) is 0.142. The van der Waals surface area contributed by atoms with E-state index in [9.17, 15) is 0 Å². The summed E-state index contributed by atoms with van der Waals surface area (Å²) >= 11 is 0. The normalized spacial score (nSPS) is 12.2. The van der Waals surface area contributed by atoms with Crippen molar-refractivity contribution in [2.45, 2.75) is 18.5 Å². The molecular weight excluding hydrogens is 292 g/mol. The van der Waals surface area contributed by atoms with Crippen LogP contribution in [0, 0.1) is 0 Å². The van der Waals surface area contributed by atoms with Crippen molar-refractivity contribution in [2.75, 3.05) is 6.54 Å². The Balaban J connectivity index is 1.71. The summed E-state index contributed by atoms with van der Waals surface area (Å²) in [5.41, 5.74) is 10.3. The first-order valence-electron chi connectivity index (χ1n) is 8.47. The standard InChI is InChI=1S/C22H24N2/c23-22(24-17-16-18-10-4-1-5-11-18)21(19-12-6-2-7-13-19)20-14-8-3-9-15-20/h1-15,21-22,24H,16-17,23H2. The molecule has 3 rings (SSSR count). The molecule has 122 valence electrons. The molecule has 2 nitrogen and oxygen atoms in total. The zero-order valence-electron chi connectivity index (χ0n) is 13.8. The van der Waals surface area contributed by atoms with Crippen LogP contribution in [0.25, 0.3) is 0 Å². The molecule has 3 aromatic carbocycles. The van der Waals surface area contributed by atoms with Crippen molar-refractivity contribution >= 4 is 0 Å². The van der Waals surface area contributed by atoms with E-state index < -0.39 is 0 Å². The van der Waals surface area contributed by atoms with Crippen LogP contribution in [0.5, 0.6) is 0 Å². The zero-order valence-corrected chi connectivity index (χ0v) is 13.8. The molecule has 0 aliphatic carbocycles. The van der Waals surface area contributed by atoms with Crippen LogP contribution in [0.1, 0.15) is 22.6 Å². The zero-order chi connectivity index (χ0) is 16.6. The second-order valence-electron chi connectivity index (χ2n) is 6.01. The van der Waals surface area contributed by atoms with Crippen LogP contribution < -0.4 is 11.1 Å². The van der Waals surface area contributed by atoms with E-state index in [1.165, 1.54) is 16.7 Å². The van der Waals surface area contributed by atoms with Crippen LogP contribution in [0.4, 0.5) is 0 Å². The Morgan fingerprint density at radius 1 is 0.667 bits per heavy atom. The molecule has 0 radical (unpaired) electrons. The van der Waals surface area contributed by atoms with Gasteiger partial charge in [0, 0.05) is 12.5 Å². The van der Waals surface area contributed by atoms with E-state index in [4.69, 9.17) is 5.73 Å². The summed E-state index contributed by atoms with van der Waals surface area (Å²) in [6.45, 7) is 0.862. The predicted molar refractivity (Wildman–Crippen MR) is 101 cm³/mol. The highest BCUT2D eigenvalue weighted by Gasteiger charge is 2.21. The van der Waals surface area contributed by atoms with Crippen LogP contribution in [0.15, 0.2) is 91.0 Å². The molecule has 0 saturated heterocycles. The second-order valence-corrected chi connectivity index (χ2v) is 6.01. The van der Waals surface area contributed by atoms with Crippen molar-refractivity contribution in [1.82, 2.24) is 5.32 Å². The minimum atomic E-state index is -0.126. The van der Waals surface area contributed by atoms with E-state index in [1.54, 1.807) is 0 Å². The first-order valence-corrected chi connectivity index (χ1v) is 8.47. The molecule has 24 heavy (non-hydrogen) atoms. The van der Waals surface area contributed by atoms with Gasteiger partial charge < -0.3 is 11.1 Å². The largest absolute Gasteiger partial charge is 0.315 e. The summed E-state index contributed by atoms with van der Waals surface area (Å²) in [5, 5.41) is 3.51. The fourth-order valence-corrected chi connectivity index (χ4v) is 3.07. The lowest BCUT2D eigenvalue weighted by Gasteiger charge is -2.26. The van der Waals surface area contributed by atoms with Gasteiger partial charge in [0.2, 0.25) is 0 Å². The Morgan fingerprint density at radius 2 is 1.12 bits per heavy atom. The highest BCUT2D eigenvalue weighted by atomic mass is 15.0. The van der Waals surface area contributed by atoms with Crippen molar-refractivity contribution in [3.63, 3.8) is 0 Å². The van der Waals surface area contributed by atoms with Crippen LogP contribution in [0.2, 0.25) is 0 Å². The van der Waals surface area contributed by atoms with Crippen molar-refractivity contribution in [3.05, 3.63) is 108 Å². The van der Waals surface area contributed by atoms with E-state index in [0.717, 1.165) is 13.0 Å². The van der Waals surface area contributed by atoms with E-state index in [1.807, 2.05) is 18.2 Å². The third kappa shape index (κ3) is 4.31. The molecule has 0 saturated carbocycles. The van der Waals surface area contributed by atoms with Gasteiger partial charge in [-0.2, -0.15) is 0 Å². The topological polar surface area (TPSA) is 38.0 Å². The van der Waals surface area contributed by atoms with Gasteiger partial charge in [-0.05, 0) is 23.1 Å². The smallest absolute Gasteiger partial charge is 0.0658 e. The predicted octanol–water partition coefficient (Wildman–Crippen LogP) is 3.94. The monoisotopic (exact) mass is 316 g/mol. The number of rotatable bonds is 7. The average molecular weight is 316 g/mol. The van der Waals surface area contributed by atoms with Gasteiger partial charge in [-0.25, -0.2) is 0 Å². The van der Waals surface area contributed by atoms with Gasteiger partial charge in [0.1, 0.15) is 0 Å². The highest BCUT2D eigenvalue weighted by Crippen LogP contribution is 2.26. The summed E-state index contributed by atoms with van der Waals surface area (Å²) in [4.78, 5) is 0. The Hall–Kier alpha value is -2.42. The van der Waals surface area contributed by atoms with Gasteiger partial charge in [-0.15, -0.1) is 0 Å². The molecule has 0 aliphatic heterocycles. The molecular formula is C22H24N2. The van der Waals surface area contributed by atoms with Crippen molar-refractivity contribution in [3.8, 4) is 0 Å². The fourth-order valence-electron chi connectivity index (χ4n) is 3.07. The number of hydrogen-bond donors (Lipinski definition) is 2. The maximum absolute atomic E-state index is 6.54. The van der Waals surface area contributed by atoms with E-state index in [-0.39, 0.29) is 12.1 Å². The number of nitrogens with two attached hydrogens (primary N) is 1. The first kappa shape index (κ1) is 16.4. The van der Waals surface area contributed by atoms with E-state index in [0.29, 0.717) is 0 Å². The van der Waals surface area contributed by atoms with Gasteiger partial charge in [-0.1, -0.05) is 91.0 Å². The minimum absolute atomic E-state index is 0.126. The van der Waals surface area contributed by atoms with Crippen molar-refractivity contribution in [1.29, 1.82) is 0 Å². The van der Waals surface area contributed by atoms with Gasteiger partial charge in [-0.3, -0.25) is 0 Å². The quantitative estimate of drug-likeness (QED) is 0.648. The Kier molecular flexibility index (Phi) is 5.78. The third-order valence-electron chi connectivity index (χ3n) is 4.31. The van der Waals surface area contributed by atoms with E-state index in [2.05, 4.69) is 78.1 Å². The molecule has 0 aliphatic rings. The first-order chi connectivity index (χ1) is 11.8. The lowest BCUT2D eigenvalue weighted by atomic mass is 9.89. The minimum Gasteiger partial charge on any atom is -0.315 e. The fraction of sp³-hybridized carbons (Fsp3) is 0.182. The lowest BCUT2D eigenvalue weighted by molar-refractivity contribution is 0.483. The SMILES string of the molecule is NC(NCCc1ccccc1)C(c1ccccc1)c1ccccc1. The molecule has 3 N–H and O–H groups in total. The highest BCUT2D eigenvalue weighted by molar-refractivity contribution is 5.34. The summed E-state index contributed by atoms with van der Waals surface area (Å²) in [6, 6.07) is 31.5. The Morgan fingerprint density at radius 3 is 1.62 bits per heavy atom. The summed E-state index contributed by atoms with van der Waals surface area (Å²) < 4.78 is 0.